The zero-order valence-electron chi connectivity index (χ0n) is 14.8. The highest BCUT2D eigenvalue weighted by molar-refractivity contribution is 5.98. The summed E-state index contributed by atoms with van der Waals surface area (Å²) in [4.78, 5) is 38.2. The molecule has 0 aromatic heterocycles. The van der Waals surface area contributed by atoms with E-state index in [0.29, 0.717) is 12.8 Å². The van der Waals surface area contributed by atoms with Crippen LogP contribution in [-0.4, -0.2) is 60.5 Å². The molecule has 1 aromatic carbocycles. The molecule has 0 bridgehead atoms. The van der Waals surface area contributed by atoms with Crippen molar-refractivity contribution in [3.63, 3.8) is 0 Å². The van der Waals surface area contributed by atoms with Gasteiger partial charge in [0.05, 0.1) is 0 Å². The van der Waals surface area contributed by atoms with Gasteiger partial charge in [0.1, 0.15) is 29.4 Å². The molecular formula is C17H21F2N3O4. The van der Waals surface area contributed by atoms with Gasteiger partial charge in [-0.2, -0.15) is 0 Å². The van der Waals surface area contributed by atoms with Crippen LogP contribution in [0.1, 0.15) is 30.1 Å². The average Bonchev–Trinajstić information content (AvgIpc) is 3.02. The van der Waals surface area contributed by atoms with E-state index in [4.69, 9.17) is 5.11 Å². The lowest BCUT2D eigenvalue weighted by atomic mass is 10.1. The minimum absolute atomic E-state index is 0.263. The molecule has 2 N–H and O–H groups in total. The van der Waals surface area contributed by atoms with E-state index < -0.39 is 41.5 Å². The van der Waals surface area contributed by atoms with Crippen LogP contribution in [0, 0.1) is 11.6 Å². The van der Waals surface area contributed by atoms with Gasteiger partial charge in [-0.15, -0.1) is 0 Å². The van der Waals surface area contributed by atoms with Crippen molar-refractivity contribution in [2.75, 3.05) is 25.5 Å². The largest absolute Gasteiger partial charge is 0.480 e. The van der Waals surface area contributed by atoms with Crippen molar-refractivity contribution >= 4 is 23.5 Å². The Morgan fingerprint density at radius 3 is 2.35 bits per heavy atom. The third-order valence-electron chi connectivity index (χ3n) is 4.27. The molecule has 2 rings (SSSR count). The van der Waals surface area contributed by atoms with Crippen molar-refractivity contribution in [1.29, 1.82) is 0 Å². The van der Waals surface area contributed by atoms with Crippen LogP contribution < -0.4 is 10.2 Å². The number of aliphatic carboxylic acids is 1. The van der Waals surface area contributed by atoms with Crippen LogP contribution in [0.15, 0.2) is 12.1 Å². The average molecular weight is 369 g/mol. The lowest BCUT2D eigenvalue weighted by Gasteiger charge is -2.25. The lowest BCUT2D eigenvalue weighted by molar-refractivity contribution is -0.148. The number of carbonyl (C=O) groups excluding carboxylic acids is 2. The number of rotatable bonds is 5. The number of nitrogens with zero attached hydrogens (tertiary/aromatic N) is 2. The highest BCUT2D eigenvalue weighted by Crippen LogP contribution is 2.23. The second-order valence-electron chi connectivity index (χ2n) is 6.41. The summed E-state index contributed by atoms with van der Waals surface area (Å²) in [6, 6.07) is -0.167. The van der Waals surface area contributed by atoms with Gasteiger partial charge in [-0.3, -0.25) is 9.59 Å². The van der Waals surface area contributed by atoms with Gasteiger partial charge in [-0.1, -0.05) is 0 Å². The summed E-state index contributed by atoms with van der Waals surface area (Å²) in [7, 11) is 2.94. The second kappa shape index (κ2) is 7.67. The Hall–Kier alpha value is -2.71. The predicted molar refractivity (Wildman–Crippen MR) is 90.0 cm³/mol. The van der Waals surface area contributed by atoms with Crippen LogP contribution in [0.2, 0.25) is 0 Å². The number of halogens is 2. The van der Waals surface area contributed by atoms with Crippen molar-refractivity contribution < 1.29 is 28.3 Å². The zero-order valence-corrected chi connectivity index (χ0v) is 14.8. The Kier molecular flexibility index (Phi) is 5.79. The van der Waals surface area contributed by atoms with Crippen LogP contribution >= 0.6 is 0 Å². The molecule has 26 heavy (non-hydrogen) atoms. The summed E-state index contributed by atoms with van der Waals surface area (Å²) < 4.78 is 28.0. The number of hydrogen-bond acceptors (Lipinski definition) is 4. The number of hydrogen-bond donors (Lipinski definition) is 2. The molecule has 142 valence electrons. The predicted octanol–water partition coefficient (Wildman–Crippen LogP) is 1.22. The van der Waals surface area contributed by atoms with Gasteiger partial charge in [0.2, 0.25) is 5.91 Å². The molecule has 1 aliphatic heterocycles. The van der Waals surface area contributed by atoms with Gasteiger partial charge < -0.3 is 20.2 Å². The van der Waals surface area contributed by atoms with Gasteiger partial charge in [-0.05, 0) is 31.9 Å². The number of carboxylic acids is 1. The number of likely N-dealkylation sites (tertiary alicyclic amines) is 1. The minimum Gasteiger partial charge on any atom is -0.480 e. The van der Waals surface area contributed by atoms with Crippen molar-refractivity contribution in [1.82, 2.24) is 10.2 Å². The molecular weight excluding hydrogens is 348 g/mol. The molecule has 0 spiro atoms. The second-order valence-corrected chi connectivity index (χ2v) is 6.41. The maximum absolute atomic E-state index is 14.0. The first kappa shape index (κ1) is 19.6. The Balaban J connectivity index is 2.12. The molecule has 2 unspecified atom stereocenters. The van der Waals surface area contributed by atoms with Crippen LogP contribution in [0.25, 0.3) is 0 Å². The van der Waals surface area contributed by atoms with Crippen LogP contribution in [0.3, 0.4) is 0 Å². The first-order valence-corrected chi connectivity index (χ1v) is 8.14. The Bertz CT molecular complexity index is 716. The van der Waals surface area contributed by atoms with Crippen molar-refractivity contribution in [3.05, 3.63) is 29.3 Å². The monoisotopic (exact) mass is 369 g/mol. The van der Waals surface area contributed by atoms with Crippen molar-refractivity contribution in [3.8, 4) is 0 Å². The first-order valence-electron chi connectivity index (χ1n) is 8.14. The minimum atomic E-state index is -1.10. The number of anilines is 1. The third kappa shape index (κ3) is 3.92. The Morgan fingerprint density at radius 1 is 1.27 bits per heavy atom. The highest BCUT2D eigenvalue weighted by Gasteiger charge is 2.36. The molecule has 1 heterocycles. The van der Waals surface area contributed by atoms with E-state index in [9.17, 15) is 23.2 Å². The van der Waals surface area contributed by atoms with Crippen LogP contribution in [0.5, 0.6) is 0 Å². The van der Waals surface area contributed by atoms with E-state index in [2.05, 4.69) is 5.32 Å². The highest BCUT2D eigenvalue weighted by atomic mass is 19.1. The summed E-state index contributed by atoms with van der Waals surface area (Å²) >= 11 is 0. The molecule has 1 fully saturated rings. The topological polar surface area (TPSA) is 90.0 Å². The number of amides is 2. The molecule has 1 aromatic rings. The fraction of sp³-hybridized carbons (Fsp3) is 0.471. The SMILES string of the molecule is CC(NC(=O)c1cc(F)c(N(C)C)c(F)c1)C(=O)N1CCCC1C(=O)O. The fourth-order valence-corrected chi connectivity index (χ4v) is 3.00. The number of nitrogens with one attached hydrogen (secondary N) is 1. The maximum atomic E-state index is 14.0. The van der Waals surface area contributed by atoms with Gasteiger partial charge >= 0.3 is 5.97 Å². The quantitative estimate of drug-likeness (QED) is 0.815. The van der Waals surface area contributed by atoms with E-state index in [1.54, 1.807) is 0 Å². The number of carboxylic acid groups (broad SMARTS) is 1. The Morgan fingerprint density at radius 2 is 1.85 bits per heavy atom. The standard InChI is InChI=1S/C17H21F2N3O4/c1-9(16(24)22-6-4-5-13(22)17(25)26)20-15(23)10-7-11(18)14(21(2)3)12(19)8-10/h7-9,13H,4-6H2,1-3H3,(H,20,23)(H,25,26). The maximum Gasteiger partial charge on any atom is 0.326 e. The summed E-state index contributed by atoms with van der Waals surface area (Å²) in [6.45, 7) is 1.69. The molecule has 2 amide bonds. The van der Waals surface area contributed by atoms with Crippen molar-refractivity contribution in [2.45, 2.75) is 31.8 Å². The van der Waals surface area contributed by atoms with E-state index in [0.717, 1.165) is 12.1 Å². The smallest absolute Gasteiger partial charge is 0.326 e. The van der Waals surface area contributed by atoms with E-state index >= 15 is 0 Å². The molecule has 9 heteroatoms. The number of carbonyl (C=O) groups is 3. The Labute approximate surface area is 149 Å². The molecule has 1 aliphatic rings. The van der Waals surface area contributed by atoms with Crippen molar-refractivity contribution in [2.24, 2.45) is 0 Å². The molecule has 7 nitrogen and oxygen atoms in total. The summed E-state index contributed by atoms with van der Waals surface area (Å²) in [5.41, 5.74) is -0.534. The molecule has 1 saturated heterocycles. The molecule has 0 aliphatic carbocycles. The first-order chi connectivity index (χ1) is 12.1. The summed E-state index contributed by atoms with van der Waals surface area (Å²) in [6.07, 6.45) is 0.913. The van der Waals surface area contributed by atoms with Gasteiger partial charge in [-0.25, -0.2) is 13.6 Å². The van der Waals surface area contributed by atoms with Gasteiger partial charge in [0.15, 0.2) is 0 Å². The van der Waals surface area contributed by atoms with E-state index in [-0.39, 0.29) is 17.8 Å². The molecule has 0 radical (unpaired) electrons. The fourth-order valence-electron chi connectivity index (χ4n) is 3.00. The van der Waals surface area contributed by atoms with Crippen LogP contribution in [-0.2, 0) is 9.59 Å². The molecule has 0 saturated carbocycles. The lowest BCUT2D eigenvalue weighted by Crippen LogP contribution is -2.50. The zero-order chi connectivity index (χ0) is 19.6. The summed E-state index contributed by atoms with van der Waals surface area (Å²) in [5.74, 6) is -4.26. The molecule has 2 atom stereocenters. The van der Waals surface area contributed by atoms with Gasteiger partial charge in [0, 0.05) is 26.2 Å². The number of benzene rings is 1. The van der Waals surface area contributed by atoms with E-state index in [1.165, 1.54) is 30.8 Å². The van der Waals surface area contributed by atoms with Gasteiger partial charge in [0.25, 0.3) is 5.91 Å². The third-order valence-corrected chi connectivity index (χ3v) is 4.27. The normalized spacial score (nSPS) is 17.7. The van der Waals surface area contributed by atoms with E-state index in [1.807, 2.05) is 0 Å². The van der Waals surface area contributed by atoms with Crippen LogP contribution in [0.4, 0.5) is 14.5 Å². The summed E-state index contributed by atoms with van der Waals surface area (Å²) in [5, 5.41) is 11.5.